The minimum Gasteiger partial charge on any atom is -0.494 e. The van der Waals surface area contributed by atoms with Crippen LogP contribution in [0.5, 0.6) is 5.75 Å². The number of aliphatic hydroxyl groups excluding tert-OH is 1. The molecule has 0 amide bonds. The number of methoxy groups -OCH3 is 1. The van der Waals surface area contributed by atoms with E-state index >= 15 is 0 Å². The molecule has 1 unspecified atom stereocenters. The van der Waals surface area contributed by atoms with E-state index < -0.39 is 17.7 Å². The number of hydrogen-bond acceptors (Lipinski definition) is 3. The fraction of sp³-hybridized carbons (Fsp3) is 0.154. The fourth-order valence-corrected chi connectivity index (χ4v) is 1.64. The van der Waals surface area contributed by atoms with Crippen LogP contribution >= 0.6 is 0 Å². The fourth-order valence-electron chi connectivity index (χ4n) is 1.64. The lowest BCUT2D eigenvalue weighted by Gasteiger charge is -2.13. The number of ether oxygens (including phenoxy) is 1. The molecule has 1 heterocycles. The Kier molecular flexibility index (Phi) is 3.53. The lowest BCUT2D eigenvalue weighted by Crippen LogP contribution is -2.03. The second-order valence-electron chi connectivity index (χ2n) is 3.69. The minimum atomic E-state index is -1.24. The van der Waals surface area contributed by atoms with Crippen molar-refractivity contribution in [2.24, 2.45) is 0 Å². The van der Waals surface area contributed by atoms with E-state index in [0.717, 1.165) is 12.3 Å². The molecule has 1 N–H and O–H groups in total. The minimum absolute atomic E-state index is 0.0505. The highest BCUT2D eigenvalue weighted by Gasteiger charge is 2.16. The van der Waals surface area contributed by atoms with Crippen molar-refractivity contribution < 1.29 is 18.6 Å². The molecule has 2 rings (SSSR count). The van der Waals surface area contributed by atoms with E-state index in [0.29, 0.717) is 0 Å². The van der Waals surface area contributed by atoms with Crippen molar-refractivity contribution >= 4 is 0 Å². The van der Waals surface area contributed by atoms with Crippen LogP contribution in [0.3, 0.4) is 0 Å². The standard InChI is InChI=1S/C13H11F2NO2/c1-18-12-3-2-8(6-10(12)14)13(17)9-4-5-16-7-11(9)15/h2-7,13,17H,1H3. The molecule has 0 saturated heterocycles. The maximum absolute atomic E-state index is 13.5. The average molecular weight is 251 g/mol. The summed E-state index contributed by atoms with van der Waals surface area (Å²) in [6, 6.07) is 5.32. The molecule has 0 bridgehead atoms. The topological polar surface area (TPSA) is 42.4 Å². The number of hydrogen-bond donors (Lipinski definition) is 1. The molecule has 5 heteroatoms. The first-order valence-electron chi connectivity index (χ1n) is 5.24. The van der Waals surface area contributed by atoms with Gasteiger partial charge in [0.25, 0.3) is 0 Å². The number of pyridine rings is 1. The maximum Gasteiger partial charge on any atom is 0.165 e. The van der Waals surface area contributed by atoms with E-state index in [9.17, 15) is 13.9 Å². The van der Waals surface area contributed by atoms with Gasteiger partial charge in [-0.2, -0.15) is 0 Å². The molecular formula is C13H11F2NO2. The van der Waals surface area contributed by atoms with Crippen molar-refractivity contribution in [1.82, 2.24) is 4.98 Å². The van der Waals surface area contributed by atoms with E-state index in [2.05, 4.69) is 4.98 Å². The molecule has 0 fully saturated rings. The summed E-state index contributed by atoms with van der Waals surface area (Å²) in [6.45, 7) is 0. The van der Waals surface area contributed by atoms with Crippen LogP contribution in [0, 0.1) is 11.6 Å². The highest BCUT2D eigenvalue weighted by molar-refractivity contribution is 5.35. The van der Waals surface area contributed by atoms with Gasteiger partial charge in [0.15, 0.2) is 11.6 Å². The Morgan fingerprint density at radius 1 is 1.22 bits per heavy atom. The van der Waals surface area contributed by atoms with Gasteiger partial charge in [0, 0.05) is 11.8 Å². The monoisotopic (exact) mass is 251 g/mol. The Bertz CT molecular complexity index is 560. The van der Waals surface area contributed by atoms with Crippen molar-refractivity contribution in [3.8, 4) is 5.75 Å². The Morgan fingerprint density at radius 2 is 2.00 bits per heavy atom. The maximum atomic E-state index is 13.5. The van der Waals surface area contributed by atoms with Crippen LogP contribution in [-0.4, -0.2) is 17.2 Å². The molecule has 1 aromatic heterocycles. The molecule has 2 aromatic rings. The lowest BCUT2D eigenvalue weighted by molar-refractivity contribution is 0.214. The Morgan fingerprint density at radius 3 is 2.61 bits per heavy atom. The van der Waals surface area contributed by atoms with Gasteiger partial charge in [-0.15, -0.1) is 0 Å². The van der Waals surface area contributed by atoms with Gasteiger partial charge in [-0.3, -0.25) is 4.98 Å². The van der Waals surface area contributed by atoms with E-state index in [4.69, 9.17) is 4.74 Å². The highest BCUT2D eigenvalue weighted by atomic mass is 19.1. The highest BCUT2D eigenvalue weighted by Crippen LogP contribution is 2.27. The van der Waals surface area contributed by atoms with E-state index in [1.54, 1.807) is 0 Å². The Hall–Kier alpha value is -2.01. The van der Waals surface area contributed by atoms with Crippen LogP contribution in [0.25, 0.3) is 0 Å². The van der Waals surface area contributed by atoms with Gasteiger partial charge in [0.1, 0.15) is 11.9 Å². The summed E-state index contributed by atoms with van der Waals surface area (Å²) in [5.74, 6) is -1.18. The van der Waals surface area contributed by atoms with Gasteiger partial charge >= 0.3 is 0 Å². The largest absolute Gasteiger partial charge is 0.494 e. The normalized spacial score (nSPS) is 12.2. The van der Waals surface area contributed by atoms with Crippen molar-refractivity contribution in [3.63, 3.8) is 0 Å². The molecule has 0 aliphatic rings. The van der Waals surface area contributed by atoms with Crippen LogP contribution in [0.4, 0.5) is 8.78 Å². The number of nitrogens with zero attached hydrogens (tertiary/aromatic N) is 1. The molecule has 1 atom stereocenters. The molecule has 3 nitrogen and oxygen atoms in total. The van der Waals surface area contributed by atoms with Gasteiger partial charge in [-0.25, -0.2) is 8.78 Å². The Labute approximate surface area is 103 Å². The molecule has 1 aromatic carbocycles. The number of benzene rings is 1. The molecule has 0 aliphatic carbocycles. The summed E-state index contributed by atoms with van der Waals surface area (Å²) in [5, 5.41) is 9.99. The average Bonchev–Trinajstić information content (AvgIpc) is 2.38. The molecule has 94 valence electrons. The van der Waals surface area contributed by atoms with Crippen LogP contribution in [0.1, 0.15) is 17.2 Å². The van der Waals surface area contributed by atoms with E-state index in [-0.39, 0.29) is 16.9 Å². The second-order valence-corrected chi connectivity index (χ2v) is 3.69. The first-order valence-corrected chi connectivity index (χ1v) is 5.24. The number of halogens is 2. The molecule has 0 saturated carbocycles. The number of aliphatic hydroxyl groups is 1. The third-order valence-corrected chi connectivity index (χ3v) is 2.59. The quantitative estimate of drug-likeness (QED) is 0.911. The smallest absolute Gasteiger partial charge is 0.165 e. The zero-order valence-corrected chi connectivity index (χ0v) is 9.60. The van der Waals surface area contributed by atoms with Crippen LogP contribution in [0.2, 0.25) is 0 Å². The third-order valence-electron chi connectivity index (χ3n) is 2.59. The van der Waals surface area contributed by atoms with Crippen molar-refractivity contribution in [1.29, 1.82) is 0 Å². The van der Waals surface area contributed by atoms with Crippen molar-refractivity contribution in [3.05, 3.63) is 59.4 Å². The summed E-state index contributed by atoms with van der Waals surface area (Å²) in [5.41, 5.74) is 0.299. The zero-order chi connectivity index (χ0) is 13.1. The van der Waals surface area contributed by atoms with Gasteiger partial charge in [0.2, 0.25) is 0 Å². The predicted molar refractivity (Wildman–Crippen MR) is 61.2 cm³/mol. The molecular weight excluding hydrogens is 240 g/mol. The number of aromatic nitrogens is 1. The van der Waals surface area contributed by atoms with E-state index in [1.807, 2.05) is 0 Å². The van der Waals surface area contributed by atoms with Gasteiger partial charge in [-0.05, 0) is 23.8 Å². The van der Waals surface area contributed by atoms with Crippen LogP contribution in [0.15, 0.2) is 36.7 Å². The molecule has 18 heavy (non-hydrogen) atoms. The lowest BCUT2D eigenvalue weighted by atomic mass is 10.0. The summed E-state index contributed by atoms with van der Waals surface area (Å²) in [6.07, 6.45) is 1.12. The van der Waals surface area contributed by atoms with Crippen molar-refractivity contribution in [2.45, 2.75) is 6.10 Å². The summed E-state index contributed by atoms with van der Waals surface area (Å²) in [4.78, 5) is 3.59. The summed E-state index contributed by atoms with van der Waals surface area (Å²) < 4.78 is 31.7. The molecule has 0 radical (unpaired) electrons. The van der Waals surface area contributed by atoms with Gasteiger partial charge in [-0.1, -0.05) is 6.07 Å². The summed E-state index contributed by atoms with van der Waals surface area (Å²) >= 11 is 0. The summed E-state index contributed by atoms with van der Waals surface area (Å²) in [7, 11) is 1.34. The predicted octanol–water partition coefficient (Wildman–Crippen LogP) is 2.45. The molecule has 0 spiro atoms. The zero-order valence-electron chi connectivity index (χ0n) is 9.60. The van der Waals surface area contributed by atoms with Crippen LogP contribution < -0.4 is 4.74 Å². The second kappa shape index (κ2) is 5.10. The van der Waals surface area contributed by atoms with Crippen molar-refractivity contribution in [2.75, 3.05) is 7.11 Å². The van der Waals surface area contributed by atoms with Crippen LogP contribution in [-0.2, 0) is 0 Å². The SMILES string of the molecule is COc1ccc(C(O)c2ccncc2F)cc1F. The first-order chi connectivity index (χ1) is 8.63. The Balaban J connectivity index is 2.37. The third kappa shape index (κ3) is 2.31. The van der Waals surface area contributed by atoms with Gasteiger partial charge < -0.3 is 9.84 Å². The van der Waals surface area contributed by atoms with E-state index in [1.165, 1.54) is 31.5 Å². The molecule has 0 aliphatic heterocycles. The first kappa shape index (κ1) is 12.4. The number of rotatable bonds is 3. The van der Waals surface area contributed by atoms with Gasteiger partial charge in [0.05, 0.1) is 13.3 Å².